The molecule has 0 heterocycles. The van der Waals surface area contributed by atoms with Gasteiger partial charge in [0, 0.05) is 39.3 Å². The molecule has 2 unspecified atom stereocenters. The van der Waals surface area contributed by atoms with E-state index in [1.165, 1.54) is 0 Å². The van der Waals surface area contributed by atoms with Gasteiger partial charge in [-0.05, 0) is 11.5 Å². The lowest BCUT2D eigenvalue weighted by molar-refractivity contribution is 0.301. The molecule has 7 heteroatoms. The highest BCUT2D eigenvalue weighted by atomic mass is 32.2. The van der Waals surface area contributed by atoms with Crippen LogP contribution in [-0.4, -0.2) is 62.5 Å². The average molecular weight is 351 g/mol. The lowest BCUT2D eigenvalue weighted by Gasteiger charge is -2.18. The summed E-state index contributed by atoms with van der Waals surface area (Å²) in [6, 6.07) is 0. The maximum Gasteiger partial charge on any atom is 0.0558 e. The summed E-state index contributed by atoms with van der Waals surface area (Å²) in [7, 11) is 0. The van der Waals surface area contributed by atoms with E-state index in [4.69, 9.17) is 0 Å². The molecule has 0 bridgehead atoms. The molecule has 0 amide bonds. The van der Waals surface area contributed by atoms with Crippen LogP contribution in [0.2, 0.25) is 0 Å². The molecule has 0 aromatic carbocycles. The Balaban J connectivity index is 3.69. The molecular formula is C10H22OS6. The minimum Gasteiger partial charge on any atom is -0.395 e. The normalized spacial score (nSPS) is 14.8. The Morgan fingerprint density at radius 3 is 2.12 bits per heavy atom. The summed E-state index contributed by atoms with van der Waals surface area (Å²) in [5.74, 6) is 6.93. The van der Waals surface area contributed by atoms with Crippen molar-refractivity contribution in [3.63, 3.8) is 0 Å². The fraction of sp³-hybridized carbons (Fsp3) is 1.00. The van der Waals surface area contributed by atoms with Crippen molar-refractivity contribution in [1.82, 2.24) is 0 Å². The van der Waals surface area contributed by atoms with Gasteiger partial charge in [-0.3, -0.25) is 0 Å². The van der Waals surface area contributed by atoms with Crippen molar-refractivity contribution < 1.29 is 5.11 Å². The van der Waals surface area contributed by atoms with Gasteiger partial charge in [-0.15, -0.1) is 0 Å². The van der Waals surface area contributed by atoms with E-state index in [1.54, 1.807) is 0 Å². The van der Waals surface area contributed by atoms with E-state index in [2.05, 4.69) is 37.9 Å². The molecule has 0 rings (SSSR count). The summed E-state index contributed by atoms with van der Waals surface area (Å²) in [5.41, 5.74) is 0. The van der Waals surface area contributed by atoms with Gasteiger partial charge < -0.3 is 5.11 Å². The summed E-state index contributed by atoms with van der Waals surface area (Å²) in [6.07, 6.45) is 0. The molecule has 0 aliphatic carbocycles. The van der Waals surface area contributed by atoms with Gasteiger partial charge in [0.1, 0.15) is 0 Å². The molecule has 0 aliphatic heterocycles. The van der Waals surface area contributed by atoms with Crippen molar-refractivity contribution in [1.29, 1.82) is 0 Å². The van der Waals surface area contributed by atoms with E-state index in [-0.39, 0.29) is 6.61 Å². The summed E-state index contributed by atoms with van der Waals surface area (Å²) >= 11 is 18.4. The molecule has 0 aliphatic rings. The predicted molar refractivity (Wildman–Crippen MR) is 98.5 cm³/mol. The summed E-state index contributed by atoms with van der Waals surface area (Å²) in [5, 5.41) is 10.2. The third kappa shape index (κ3) is 11.6. The zero-order valence-corrected chi connectivity index (χ0v) is 15.0. The zero-order chi connectivity index (χ0) is 12.9. The second kappa shape index (κ2) is 14.5. The summed E-state index contributed by atoms with van der Waals surface area (Å²) < 4.78 is 0. The van der Waals surface area contributed by atoms with Gasteiger partial charge in [0.05, 0.1) is 6.61 Å². The molecule has 1 N–H and O–H groups in total. The van der Waals surface area contributed by atoms with Crippen LogP contribution < -0.4 is 0 Å². The first kappa shape index (κ1) is 19.1. The second-order valence-corrected chi connectivity index (χ2v) is 8.49. The van der Waals surface area contributed by atoms with Crippen molar-refractivity contribution in [2.75, 3.05) is 46.9 Å². The molecule has 0 aromatic heterocycles. The summed E-state index contributed by atoms with van der Waals surface area (Å²) in [6.45, 7) is 0.265. The largest absolute Gasteiger partial charge is 0.395 e. The number of hydrogen-bond acceptors (Lipinski definition) is 7. The monoisotopic (exact) mass is 350 g/mol. The third-order valence-electron chi connectivity index (χ3n) is 1.91. The lowest BCUT2D eigenvalue weighted by atomic mass is 10.5. The van der Waals surface area contributed by atoms with Crippen LogP contribution in [0.5, 0.6) is 0 Å². The topological polar surface area (TPSA) is 20.2 Å². The van der Waals surface area contributed by atoms with E-state index in [0.717, 1.165) is 40.3 Å². The molecule has 17 heavy (non-hydrogen) atoms. The van der Waals surface area contributed by atoms with Crippen LogP contribution in [0.4, 0.5) is 0 Å². The van der Waals surface area contributed by atoms with Crippen molar-refractivity contribution >= 4 is 73.2 Å². The molecular weight excluding hydrogens is 329 g/mol. The van der Waals surface area contributed by atoms with Crippen LogP contribution >= 0.6 is 73.2 Å². The molecule has 0 radical (unpaired) electrons. The van der Waals surface area contributed by atoms with E-state index < -0.39 is 0 Å². The molecule has 0 fully saturated rings. The van der Waals surface area contributed by atoms with E-state index in [1.807, 2.05) is 35.3 Å². The highest BCUT2D eigenvalue weighted by Crippen LogP contribution is 2.23. The molecule has 0 aromatic rings. The van der Waals surface area contributed by atoms with Gasteiger partial charge in [0.25, 0.3) is 0 Å². The van der Waals surface area contributed by atoms with Crippen LogP contribution in [-0.2, 0) is 0 Å². The summed E-state index contributed by atoms with van der Waals surface area (Å²) in [4.78, 5) is 0. The smallest absolute Gasteiger partial charge is 0.0558 e. The second-order valence-electron chi connectivity index (χ2n) is 3.34. The van der Waals surface area contributed by atoms with Crippen LogP contribution in [0.15, 0.2) is 0 Å². The third-order valence-corrected chi connectivity index (χ3v) is 7.83. The van der Waals surface area contributed by atoms with E-state index >= 15 is 0 Å². The van der Waals surface area contributed by atoms with Gasteiger partial charge in [0.2, 0.25) is 0 Å². The predicted octanol–water partition coefficient (Wildman–Crippen LogP) is 2.70. The molecule has 2 atom stereocenters. The Bertz CT molecular complexity index is 160. The Hall–Kier alpha value is 2.06. The highest BCUT2D eigenvalue weighted by Gasteiger charge is 2.13. The molecule has 104 valence electrons. The van der Waals surface area contributed by atoms with Gasteiger partial charge in [-0.25, -0.2) is 0 Å². The maximum atomic E-state index is 9.30. The number of thioether (sulfide) groups is 3. The van der Waals surface area contributed by atoms with E-state index in [9.17, 15) is 5.11 Å². The first-order valence-corrected chi connectivity index (χ1v) is 10.7. The zero-order valence-electron chi connectivity index (χ0n) is 9.83. The molecule has 0 spiro atoms. The lowest BCUT2D eigenvalue weighted by Crippen LogP contribution is -2.18. The molecule has 1 nitrogen and oxygen atoms in total. The van der Waals surface area contributed by atoms with E-state index in [0.29, 0.717) is 10.5 Å². The Labute approximate surface area is 135 Å². The van der Waals surface area contributed by atoms with Gasteiger partial charge >= 0.3 is 0 Å². The van der Waals surface area contributed by atoms with Gasteiger partial charge in [0.15, 0.2) is 0 Å². The van der Waals surface area contributed by atoms with Crippen molar-refractivity contribution in [2.45, 2.75) is 10.5 Å². The number of aliphatic hydroxyl groups is 1. The van der Waals surface area contributed by atoms with Crippen LogP contribution in [0.3, 0.4) is 0 Å². The number of thiol groups is 3. The fourth-order valence-electron chi connectivity index (χ4n) is 1.05. The number of hydrogen-bond donors (Lipinski definition) is 4. The fourth-order valence-corrected chi connectivity index (χ4v) is 5.59. The van der Waals surface area contributed by atoms with Gasteiger partial charge in [-0.1, -0.05) is 0 Å². The average Bonchev–Trinajstić information content (AvgIpc) is 2.36. The first-order chi connectivity index (χ1) is 8.28. The van der Waals surface area contributed by atoms with Gasteiger partial charge in [-0.2, -0.15) is 73.2 Å². The SMILES string of the molecule is OCC(CSCCS)SCC(CS)SCCS. The van der Waals surface area contributed by atoms with Crippen LogP contribution in [0.25, 0.3) is 0 Å². The highest BCUT2D eigenvalue weighted by molar-refractivity contribution is 8.05. The quantitative estimate of drug-likeness (QED) is 0.320. The Morgan fingerprint density at radius 2 is 1.59 bits per heavy atom. The minimum absolute atomic E-state index is 0.265. The Kier molecular flexibility index (Phi) is 16.2. The van der Waals surface area contributed by atoms with Crippen molar-refractivity contribution in [2.24, 2.45) is 0 Å². The number of rotatable bonds is 12. The standard InChI is InChI=1S/C10H22OS6/c11-5-9(7-15-3-1-12)17-8-10(6-14)16-4-2-13/h9-14H,1-8H2. The van der Waals surface area contributed by atoms with Crippen molar-refractivity contribution in [3.05, 3.63) is 0 Å². The Morgan fingerprint density at radius 1 is 0.882 bits per heavy atom. The minimum atomic E-state index is 0.265. The first-order valence-electron chi connectivity index (χ1n) is 5.52. The molecule has 0 saturated carbocycles. The van der Waals surface area contributed by atoms with Crippen LogP contribution in [0, 0.1) is 0 Å². The maximum absolute atomic E-state index is 9.30. The van der Waals surface area contributed by atoms with Crippen molar-refractivity contribution in [3.8, 4) is 0 Å². The molecule has 0 saturated heterocycles. The van der Waals surface area contributed by atoms with Crippen LogP contribution in [0.1, 0.15) is 0 Å². The number of aliphatic hydroxyl groups excluding tert-OH is 1.